The first-order valence-corrected chi connectivity index (χ1v) is 8.87. The SMILES string of the molecule is CC(CNS(=O)(=O)c1cccnc1CN)CN1CCCC1. The molecule has 118 valence electrons. The number of hydrogen-bond donors (Lipinski definition) is 2. The molecule has 0 aliphatic carbocycles. The van der Waals surface area contributed by atoms with Gasteiger partial charge < -0.3 is 10.6 Å². The Morgan fingerprint density at radius 3 is 2.81 bits per heavy atom. The number of nitrogens with zero attached hydrogens (tertiary/aromatic N) is 2. The van der Waals surface area contributed by atoms with Crippen molar-refractivity contribution in [3.63, 3.8) is 0 Å². The lowest BCUT2D eigenvalue weighted by Gasteiger charge is -2.20. The van der Waals surface area contributed by atoms with E-state index in [4.69, 9.17) is 5.73 Å². The normalized spacial score (nSPS) is 18.0. The minimum atomic E-state index is -3.54. The van der Waals surface area contributed by atoms with Crippen molar-refractivity contribution in [3.05, 3.63) is 24.0 Å². The van der Waals surface area contributed by atoms with E-state index in [1.165, 1.54) is 12.8 Å². The number of likely N-dealkylation sites (tertiary alicyclic amines) is 1. The van der Waals surface area contributed by atoms with Gasteiger partial charge in [0.05, 0.1) is 5.69 Å². The van der Waals surface area contributed by atoms with E-state index in [2.05, 4.69) is 21.5 Å². The van der Waals surface area contributed by atoms with Crippen LogP contribution in [-0.2, 0) is 16.6 Å². The summed E-state index contributed by atoms with van der Waals surface area (Å²) in [6.45, 7) is 5.78. The molecule has 0 amide bonds. The van der Waals surface area contributed by atoms with E-state index in [9.17, 15) is 8.42 Å². The molecule has 3 N–H and O–H groups in total. The second-order valence-electron chi connectivity index (χ2n) is 5.62. The van der Waals surface area contributed by atoms with Crippen LogP contribution in [0.3, 0.4) is 0 Å². The van der Waals surface area contributed by atoms with Crippen LogP contribution in [-0.4, -0.2) is 44.5 Å². The third-order valence-corrected chi connectivity index (χ3v) is 5.22. The lowest BCUT2D eigenvalue weighted by atomic mass is 10.2. The van der Waals surface area contributed by atoms with E-state index in [-0.39, 0.29) is 17.4 Å². The molecule has 2 heterocycles. The molecule has 0 saturated carbocycles. The van der Waals surface area contributed by atoms with Gasteiger partial charge in [-0.05, 0) is 44.0 Å². The van der Waals surface area contributed by atoms with E-state index in [0.717, 1.165) is 19.6 Å². The Balaban J connectivity index is 1.94. The van der Waals surface area contributed by atoms with Gasteiger partial charge in [-0.15, -0.1) is 0 Å². The first kappa shape index (κ1) is 16.4. The molecule has 1 unspecified atom stereocenters. The Morgan fingerprint density at radius 2 is 2.14 bits per heavy atom. The number of nitrogens with one attached hydrogen (secondary N) is 1. The summed E-state index contributed by atoms with van der Waals surface area (Å²) in [7, 11) is -3.54. The van der Waals surface area contributed by atoms with Crippen LogP contribution in [0.25, 0.3) is 0 Å². The van der Waals surface area contributed by atoms with Crippen LogP contribution >= 0.6 is 0 Å². The number of pyridine rings is 1. The zero-order valence-electron chi connectivity index (χ0n) is 12.5. The van der Waals surface area contributed by atoms with Crippen molar-refractivity contribution in [2.75, 3.05) is 26.2 Å². The molecule has 6 nitrogen and oxygen atoms in total. The second kappa shape index (κ2) is 7.31. The molecule has 21 heavy (non-hydrogen) atoms. The van der Waals surface area contributed by atoms with Gasteiger partial charge in [0.2, 0.25) is 10.0 Å². The van der Waals surface area contributed by atoms with Crippen molar-refractivity contribution in [2.24, 2.45) is 11.7 Å². The summed E-state index contributed by atoms with van der Waals surface area (Å²) in [6, 6.07) is 3.16. The highest BCUT2D eigenvalue weighted by atomic mass is 32.2. The fourth-order valence-electron chi connectivity index (χ4n) is 2.62. The van der Waals surface area contributed by atoms with E-state index < -0.39 is 10.0 Å². The van der Waals surface area contributed by atoms with E-state index in [1.807, 2.05) is 0 Å². The second-order valence-corrected chi connectivity index (χ2v) is 7.35. The van der Waals surface area contributed by atoms with E-state index in [0.29, 0.717) is 12.2 Å². The molecular formula is C14H24N4O2S. The van der Waals surface area contributed by atoms with Crippen molar-refractivity contribution in [1.82, 2.24) is 14.6 Å². The molecule has 0 aromatic carbocycles. The van der Waals surface area contributed by atoms with Gasteiger partial charge in [0, 0.05) is 25.8 Å². The lowest BCUT2D eigenvalue weighted by molar-refractivity contribution is 0.288. The minimum Gasteiger partial charge on any atom is -0.325 e. The van der Waals surface area contributed by atoms with E-state index in [1.54, 1.807) is 18.3 Å². The highest BCUT2D eigenvalue weighted by Gasteiger charge is 2.20. The molecule has 1 aliphatic rings. The smallest absolute Gasteiger partial charge is 0.242 e. The Morgan fingerprint density at radius 1 is 1.43 bits per heavy atom. The van der Waals surface area contributed by atoms with Crippen LogP contribution < -0.4 is 10.5 Å². The molecule has 1 atom stereocenters. The number of nitrogens with two attached hydrogens (primary N) is 1. The monoisotopic (exact) mass is 312 g/mol. The summed E-state index contributed by atoms with van der Waals surface area (Å²) in [4.78, 5) is 6.59. The first-order chi connectivity index (χ1) is 10.0. The number of aromatic nitrogens is 1. The topological polar surface area (TPSA) is 88.3 Å². The molecule has 1 fully saturated rings. The highest BCUT2D eigenvalue weighted by Crippen LogP contribution is 2.13. The van der Waals surface area contributed by atoms with Crippen LogP contribution in [0, 0.1) is 5.92 Å². The van der Waals surface area contributed by atoms with Gasteiger partial charge in [0.15, 0.2) is 0 Å². The van der Waals surface area contributed by atoms with E-state index >= 15 is 0 Å². The van der Waals surface area contributed by atoms with Crippen molar-refractivity contribution >= 4 is 10.0 Å². The number of hydrogen-bond acceptors (Lipinski definition) is 5. The van der Waals surface area contributed by atoms with Crippen molar-refractivity contribution in [1.29, 1.82) is 0 Å². The Hall–Kier alpha value is -1.02. The van der Waals surface area contributed by atoms with Crippen LogP contribution in [0.4, 0.5) is 0 Å². The van der Waals surface area contributed by atoms with Crippen LogP contribution in [0.15, 0.2) is 23.2 Å². The molecule has 2 rings (SSSR count). The largest absolute Gasteiger partial charge is 0.325 e. The average Bonchev–Trinajstić information content (AvgIpc) is 2.98. The zero-order valence-corrected chi connectivity index (χ0v) is 13.3. The summed E-state index contributed by atoms with van der Waals surface area (Å²) in [5.41, 5.74) is 5.95. The molecule has 0 radical (unpaired) electrons. The summed E-state index contributed by atoms with van der Waals surface area (Å²) >= 11 is 0. The predicted molar refractivity (Wildman–Crippen MR) is 82.2 cm³/mol. The minimum absolute atomic E-state index is 0.112. The highest BCUT2D eigenvalue weighted by molar-refractivity contribution is 7.89. The van der Waals surface area contributed by atoms with Gasteiger partial charge in [0.1, 0.15) is 4.90 Å². The maximum absolute atomic E-state index is 12.3. The fourth-order valence-corrected chi connectivity index (χ4v) is 3.98. The molecule has 1 aromatic heterocycles. The molecule has 0 spiro atoms. The molecule has 1 saturated heterocycles. The molecule has 7 heteroatoms. The Kier molecular flexibility index (Phi) is 5.69. The number of sulfonamides is 1. The maximum atomic E-state index is 12.3. The standard InChI is InChI=1S/C14H24N4O2S/c1-12(11-18-7-2-3-8-18)10-17-21(19,20)14-5-4-6-16-13(14)9-15/h4-6,12,17H,2-3,7-11,15H2,1H3. The Labute approximate surface area is 126 Å². The Bertz CT molecular complexity index is 556. The first-order valence-electron chi connectivity index (χ1n) is 7.39. The summed E-state index contributed by atoms with van der Waals surface area (Å²) in [5.74, 6) is 0.274. The molecular weight excluding hydrogens is 288 g/mol. The third-order valence-electron chi connectivity index (χ3n) is 3.72. The predicted octanol–water partition coefficient (Wildman–Crippen LogP) is 0.551. The van der Waals surface area contributed by atoms with Gasteiger partial charge in [-0.2, -0.15) is 0 Å². The van der Waals surface area contributed by atoms with Gasteiger partial charge in [-0.25, -0.2) is 13.1 Å². The molecule has 0 bridgehead atoms. The van der Waals surface area contributed by atoms with Gasteiger partial charge in [0.25, 0.3) is 0 Å². The quantitative estimate of drug-likeness (QED) is 0.767. The van der Waals surface area contributed by atoms with Gasteiger partial charge in [-0.3, -0.25) is 4.98 Å². The van der Waals surface area contributed by atoms with Gasteiger partial charge >= 0.3 is 0 Å². The van der Waals surface area contributed by atoms with Crippen molar-refractivity contribution in [2.45, 2.75) is 31.2 Å². The summed E-state index contributed by atoms with van der Waals surface area (Å²) in [6.07, 6.45) is 4.04. The fraction of sp³-hybridized carbons (Fsp3) is 0.643. The summed E-state index contributed by atoms with van der Waals surface area (Å²) < 4.78 is 27.3. The zero-order chi connectivity index (χ0) is 15.3. The van der Waals surface area contributed by atoms with Crippen LogP contribution in [0.2, 0.25) is 0 Å². The van der Waals surface area contributed by atoms with Crippen LogP contribution in [0.1, 0.15) is 25.5 Å². The van der Waals surface area contributed by atoms with Gasteiger partial charge in [-0.1, -0.05) is 6.92 Å². The van der Waals surface area contributed by atoms with Crippen molar-refractivity contribution < 1.29 is 8.42 Å². The van der Waals surface area contributed by atoms with Crippen molar-refractivity contribution in [3.8, 4) is 0 Å². The van der Waals surface area contributed by atoms with Crippen LogP contribution in [0.5, 0.6) is 0 Å². The lowest BCUT2D eigenvalue weighted by Crippen LogP contribution is -2.35. The molecule has 1 aliphatic heterocycles. The molecule has 1 aromatic rings. The maximum Gasteiger partial charge on any atom is 0.242 e. The number of rotatable bonds is 7. The average molecular weight is 312 g/mol. The summed E-state index contributed by atoms with van der Waals surface area (Å²) in [5, 5.41) is 0. The third kappa shape index (κ3) is 4.47.